The average Bonchev–Trinajstić information content (AvgIpc) is 2.77. The smallest absolute Gasteiger partial charge is 0.223 e. The van der Waals surface area contributed by atoms with Gasteiger partial charge in [0, 0.05) is 31.5 Å². The van der Waals surface area contributed by atoms with Crippen LogP contribution in [0.3, 0.4) is 0 Å². The van der Waals surface area contributed by atoms with E-state index in [0.717, 1.165) is 12.0 Å². The van der Waals surface area contributed by atoms with Gasteiger partial charge in [0.05, 0.1) is 11.6 Å². The van der Waals surface area contributed by atoms with Crippen molar-refractivity contribution in [3.63, 3.8) is 0 Å². The molecule has 0 saturated heterocycles. The van der Waals surface area contributed by atoms with Crippen LogP contribution in [0.1, 0.15) is 47.7 Å². The number of hydrogen-bond acceptors (Lipinski definition) is 5. The van der Waals surface area contributed by atoms with Gasteiger partial charge in [-0.05, 0) is 42.3 Å². The Labute approximate surface area is 170 Å². The van der Waals surface area contributed by atoms with E-state index in [9.17, 15) is 9.59 Å². The van der Waals surface area contributed by atoms with Gasteiger partial charge in [0.1, 0.15) is 13.2 Å². The van der Waals surface area contributed by atoms with Crippen LogP contribution in [0.2, 0.25) is 0 Å². The normalized spacial score (nSPS) is 12.1. The second-order valence-corrected chi connectivity index (χ2v) is 6.91. The molecule has 0 atom stereocenters. The summed E-state index contributed by atoms with van der Waals surface area (Å²) in [7, 11) is 0. The van der Waals surface area contributed by atoms with Crippen LogP contribution in [0, 0.1) is 11.3 Å². The third kappa shape index (κ3) is 5.35. The Balaban J connectivity index is 1.59. The molecule has 0 fully saturated rings. The summed E-state index contributed by atoms with van der Waals surface area (Å²) >= 11 is 0. The Hall–Kier alpha value is -3.33. The van der Waals surface area contributed by atoms with E-state index in [0.29, 0.717) is 48.9 Å². The molecule has 0 aromatic heterocycles. The van der Waals surface area contributed by atoms with Gasteiger partial charge >= 0.3 is 0 Å². The second-order valence-electron chi connectivity index (χ2n) is 6.91. The lowest BCUT2D eigenvalue weighted by Gasteiger charge is -2.22. The number of nitrogens with zero attached hydrogens (tertiary/aromatic N) is 2. The molecule has 6 heteroatoms. The summed E-state index contributed by atoms with van der Waals surface area (Å²) in [6.45, 7) is 4.07. The predicted molar refractivity (Wildman–Crippen MR) is 108 cm³/mol. The number of Topliss-reactive ketones (excluding diaryl/α,β-unsaturated/α-hetero) is 1. The van der Waals surface area contributed by atoms with E-state index in [1.54, 1.807) is 35.2 Å². The molecule has 2 aromatic carbocycles. The van der Waals surface area contributed by atoms with Crippen molar-refractivity contribution in [2.75, 3.05) is 19.8 Å². The minimum Gasteiger partial charge on any atom is -0.486 e. The van der Waals surface area contributed by atoms with Gasteiger partial charge in [0.2, 0.25) is 5.91 Å². The zero-order valence-corrected chi connectivity index (χ0v) is 16.5. The zero-order valence-electron chi connectivity index (χ0n) is 16.5. The number of carbonyl (C=O) groups is 2. The summed E-state index contributed by atoms with van der Waals surface area (Å²) in [6.07, 6.45) is 1.13. The average molecular weight is 392 g/mol. The van der Waals surface area contributed by atoms with E-state index in [4.69, 9.17) is 14.7 Å². The molecular formula is C23H24N2O4. The molecular weight excluding hydrogens is 368 g/mol. The molecule has 0 radical (unpaired) electrons. The Morgan fingerprint density at radius 1 is 1.03 bits per heavy atom. The summed E-state index contributed by atoms with van der Waals surface area (Å²) in [4.78, 5) is 27.0. The first-order valence-electron chi connectivity index (χ1n) is 9.80. The SMILES string of the molecule is CCCN(Cc1ccc(C#N)cc1)C(=O)CCC(=O)c1ccc2c(c1)OCCO2. The van der Waals surface area contributed by atoms with Crippen molar-refractivity contribution in [1.29, 1.82) is 5.26 Å². The first-order valence-corrected chi connectivity index (χ1v) is 9.80. The van der Waals surface area contributed by atoms with Gasteiger partial charge in [0.15, 0.2) is 17.3 Å². The van der Waals surface area contributed by atoms with Gasteiger partial charge in [-0.1, -0.05) is 19.1 Å². The van der Waals surface area contributed by atoms with Gasteiger partial charge < -0.3 is 14.4 Å². The summed E-state index contributed by atoms with van der Waals surface area (Å²) in [5.74, 6) is 1.06. The van der Waals surface area contributed by atoms with Crippen molar-refractivity contribution in [2.45, 2.75) is 32.7 Å². The van der Waals surface area contributed by atoms with E-state index < -0.39 is 0 Å². The van der Waals surface area contributed by atoms with Gasteiger partial charge in [-0.2, -0.15) is 5.26 Å². The van der Waals surface area contributed by atoms with Gasteiger partial charge in [-0.3, -0.25) is 9.59 Å². The zero-order chi connectivity index (χ0) is 20.6. The number of rotatable bonds is 8. The first kappa shape index (κ1) is 20.4. The Bertz CT molecular complexity index is 915. The molecule has 2 aromatic rings. The van der Waals surface area contributed by atoms with Gasteiger partial charge in [-0.25, -0.2) is 0 Å². The van der Waals surface area contributed by atoms with Crippen molar-refractivity contribution >= 4 is 11.7 Å². The van der Waals surface area contributed by atoms with E-state index in [1.807, 2.05) is 19.1 Å². The van der Waals surface area contributed by atoms with Crippen molar-refractivity contribution in [3.8, 4) is 17.6 Å². The van der Waals surface area contributed by atoms with Crippen LogP contribution in [-0.4, -0.2) is 36.3 Å². The number of carbonyl (C=O) groups excluding carboxylic acids is 2. The molecule has 0 bridgehead atoms. The number of ether oxygens (including phenoxy) is 2. The molecule has 1 heterocycles. The van der Waals surface area contributed by atoms with Crippen LogP contribution in [0.25, 0.3) is 0 Å². The molecule has 3 rings (SSSR count). The fourth-order valence-electron chi connectivity index (χ4n) is 3.21. The standard InChI is InChI=1S/C23H24N2O4/c1-2-11-25(16-18-5-3-17(15-24)4-6-18)23(27)10-8-20(26)19-7-9-21-22(14-19)29-13-12-28-21/h3-7,9,14H,2,8,10-13,16H2,1H3. The minimum absolute atomic E-state index is 0.0536. The van der Waals surface area contributed by atoms with Crippen LogP contribution >= 0.6 is 0 Å². The summed E-state index contributed by atoms with van der Waals surface area (Å²) in [5, 5.41) is 8.90. The van der Waals surface area contributed by atoms with Crippen LogP contribution in [-0.2, 0) is 11.3 Å². The van der Waals surface area contributed by atoms with Crippen LogP contribution in [0.15, 0.2) is 42.5 Å². The topological polar surface area (TPSA) is 79.6 Å². The molecule has 1 aliphatic heterocycles. The lowest BCUT2D eigenvalue weighted by Crippen LogP contribution is -2.31. The quantitative estimate of drug-likeness (QED) is 0.640. The molecule has 1 amide bonds. The van der Waals surface area contributed by atoms with Crippen LogP contribution in [0.5, 0.6) is 11.5 Å². The monoisotopic (exact) mass is 392 g/mol. The number of nitriles is 1. The van der Waals surface area contributed by atoms with Crippen LogP contribution in [0.4, 0.5) is 0 Å². The molecule has 0 unspecified atom stereocenters. The predicted octanol–water partition coefficient (Wildman–Crippen LogP) is 3.73. The highest BCUT2D eigenvalue weighted by molar-refractivity contribution is 5.98. The number of benzene rings is 2. The molecule has 1 aliphatic rings. The van der Waals surface area contributed by atoms with Crippen molar-refractivity contribution in [3.05, 3.63) is 59.2 Å². The third-order valence-corrected chi connectivity index (χ3v) is 4.73. The van der Waals surface area contributed by atoms with E-state index in [1.165, 1.54) is 0 Å². The lowest BCUT2D eigenvalue weighted by molar-refractivity contribution is -0.131. The van der Waals surface area contributed by atoms with Gasteiger partial charge in [-0.15, -0.1) is 0 Å². The highest BCUT2D eigenvalue weighted by Gasteiger charge is 2.18. The maximum atomic E-state index is 12.7. The fraction of sp³-hybridized carbons (Fsp3) is 0.348. The largest absolute Gasteiger partial charge is 0.486 e. The van der Waals surface area contributed by atoms with E-state index in [2.05, 4.69) is 6.07 Å². The van der Waals surface area contributed by atoms with Crippen molar-refractivity contribution in [1.82, 2.24) is 4.90 Å². The summed E-state index contributed by atoms with van der Waals surface area (Å²) < 4.78 is 11.0. The maximum Gasteiger partial charge on any atom is 0.223 e. The number of ketones is 1. The Morgan fingerprint density at radius 2 is 1.76 bits per heavy atom. The molecule has 150 valence electrons. The minimum atomic E-state index is -0.0925. The fourth-order valence-corrected chi connectivity index (χ4v) is 3.21. The second kappa shape index (κ2) is 9.74. The third-order valence-electron chi connectivity index (χ3n) is 4.73. The summed E-state index contributed by atoms with van der Waals surface area (Å²) in [5.41, 5.74) is 2.08. The molecule has 0 N–H and O–H groups in total. The van der Waals surface area contributed by atoms with Gasteiger partial charge in [0.25, 0.3) is 0 Å². The molecule has 0 aliphatic carbocycles. The molecule has 0 spiro atoms. The van der Waals surface area contributed by atoms with Crippen molar-refractivity contribution in [2.24, 2.45) is 0 Å². The van der Waals surface area contributed by atoms with E-state index in [-0.39, 0.29) is 24.5 Å². The number of fused-ring (bicyclic) bond motifs is 1. The molecule has 6 nitrogen and oxygen atoms in total. The highest BCUT2D eigenvalue weighted by atomic mass is 16.6. The van der Waals surface area contributed by atoms with Crippen molar-refractivity contribution < 1.29 is 19.1 Å². The highest BCUT2D eigenvalue weighted by Crippen LogP contribution is 2.31. The van der Waals surface area contributed by atoms with Crippen LogP contribution < -0.4 is 9.47 Å². The van der Waals surface area contributed by atoms with E-state index >= 15 is 0 Å². The molecule has 29 heavy (non-hydrogen) atoms. The summed E-state index contributed by atoms with van der Waals surface area (Å²) in [6, 6.07) is 14.4. The number of hydrogen-bond donors (Lipinski definition) is 0. The molecule has 0 saturated carbocycles. The lowest BCUT2D eigenvalue weighted by atomic mass is 10.0. The Morgan fingerprint density at radius 3 is 2.45 bits per heavy atom. The maximum absolute atomic E-state index is 12.7. The Kier molecular flexibility index (Phi) is 6.85. The number of amides is 1. The first-order chi connectivity index (χ1) is 14.1.